The second kappa shape index (κ2) is 11.2. The average Bonchev–Trinajstić information content (AvgIpc) is 2.79. The lowest BCUT2D eigenvalue weighted by Gasteiger charge is -2.29. The van der Waals surface area contributed by atoms with Crippen molar-refractivity contribution in [3.05, 3.63) is 53.1 Å². The summed E-state index contributed by atoms with van der Waals surface area (Å²) >= 11 is 0. The number of ether oxygens (including phenoxy) is 2. The van der Waals surface area contributed by atoms with Crippen LogP contribution in [-0.2, 0) is 4.74 Å². The Hall–Kier alpha value is -2.80. The zero-order chi connectivity index (χ0) is 23.1. The Balaban J connectivity index is 1.91. The minimum Gasteiger partial charge on any atom is -0.493 e. The Morgan fingerprint density at radius 2 is 1.88 bits per heavy atom. The van der Waals surface area contributed by atoms with E-state index < -0.39 is 5.97 Å². The summed E-state index contributed by atoms with van der Waals surface area (Å²) in [6.45, 7) is 4.70. The molecule has 0 atom stereocenters. The smallest absolute Gasteiger partial charge is 0.339 e. The number of likely N-dealkylation sites (tertiary alicyclic amines) is 1. The molecular weight excluding hydrogens is 403 g/mol. The van der Waals surface area contributed by atoms with Crippen LogP contribution in [0.1, 0.15) is 64.8 Å². The van der Waals surface area contributed by atoms with E-state index in [1.807, 2.05) is 12.1 Å². The largest absolute Gasteiger partial charge is 0.493 e. The molecular formula is C25H31BN2O4. The molecule has 2 aromatic carbocycles. The Labute approximate surface area is 191 Å². The van der Waals surface area contributed by atoms with Crippen LogP contribution in [0.25, 0.3) is 0 Å². The van der Waals surface area contributed by atoms with Crippen molar-refractivity contribution in [2.24, 2.45) is 0 Å². The molecule has 1 amide bonds. The van der Waals surface area contributed by atoms with E-state index in [-0.39, 0.29) is 11.5 Å². The number of hydrogen-bond donors (Lipinski definition) is 1. The first kappa shape index (κ1) is 23.9. The topological polar surface area (TPSA) is 67.9 Å². The molecule has 6 nitrogen and oxygen atoms in total. The summed E-state index contributed by atoms with van der Waals surface area (Å²) in [4.78, 5) is 27.8. The highest BCUT2D eigenvalue weighted by Crippen LogP contribution is 2.32. The first-order valence-corrected chi connectivity index (χ1v) is 11.2. The van der Waals surface area contributed by atoms with Gasteiger partial charge in [0.1, 0.15) is 13.6 Å². The molecule has 0 saturated carbocycles. The molecule has 168 valence electrons. The summed E-state index contributed by atoms with van der Waals surface area (Å²) in [5, 5.41) is 2.84. The highest BCUT2D eigenvalue weighted by Gasteiger charge is 2.22. The molecule has 0 unspecified atom stereocenters. The SMILES string of the molecule is [B]c1ccc(C(=O)OC)c(NC(=O)c2cc(C3CCN(C)CC3)ccc2OCCCC)c1. The molecule has 7 heteroatoms. The molecule has 0 aromatic heterocycles. The number of esters is 1. The van der Waals surface area contributed by atoms with E-state index in [0.29, 0.717) is 35.0 Å². The lowest BCUT2D eigenvalue weighted by molar-refractivity contribution is 0.0602. The third kappa shape index (κ3) is 5.91. The fourth-order valence-electron chi connectivity index (χ4n) is 3.92. The van der Waals surface area contributed by atoms with Crippen molar-refractivity contribution in [2.75, 3.05) is 39.2 Å². The fourth-order valence-corrected chi connectivity index (χ4v) is 3.92. The number of hydrogen-bond acceptors (Lipinski definition) is 5. The molecule has 2 aromatic rings. The van der Waals surface area contributed by atoms with Gasteiger partial charge in [0.15, 0.2) is 0 Å². The van der Waals surface area contributed by atoms with Gasteiger partial charge in [0, 0.05) is 0 Å². The monoisotopic (exact) mass is 434 g/mol. The van der Waals surface area contributed by atoms with Gasteiger partial charge in [-0.3, -0.25) is 4.79 Å². The summed E-state index contributed by atoms with van der Waals surface area (Å²) in [5.41, 5.74) is 2.58. The number of carbonyl (C=O) groups is 2. The summed E-state index contributed by atoms with van der Waals surface area (Å²) in [6.07, 6.45) is 4.01. The van der Waals surface area contributed by atoms with Crippen molar-refractivity contribution in [3.8, 4) is 5.75 Å². The summed E-state index contributed by atoms with van der Waals surface area (Å²) in [7, 11) is 9.33. The number of unbranched alkanes of at least 4 members (excludes halogenated alkanes) is 1. The Kier molecular flexibility index (Phi) is 8.34. The van der Waals surface area contributed by atoms with Gasteiger partial charge in [0.2, 0.25) is 0 Å². The molecule has 1 heterocycles. The Morgan fingerprint density at radius 1 is 1.12 bits per heavy atom. The van der Waals surface area contributed by atoms with Crippen molar-refractivity contribution in [3.63, 3.8) is 0 Å². The second-order valence-electron chi connectivity index (χ2n) is 8.29. The van der Waals surface area contributed by atoms with E-state index in [4.69, 9.17) is 17.3 Å². The molecule has 1 fully saturated rings. The molecule has 1 N–H and O–H groups in total. The van der Waals surface area contributed by atoms with Crippen LogP contribution >= 0.6 is 0 Å². The fraction of sp³-hybridized carbons (Fsp3) is 0.440. The van der Waals surface area contributed by atoms with Crippen LogP contribution in [-0.4, -0.2) is 58.5 Å². The highest BCUT2D eigenvalue weighted by atomic mass is 16.5. The molecule has 2 radical (unpaired) electrons. The first-order valence-electron chi connectivity index (χ1n) is 11.2. The van der Waals surface area contributed by atoms with Gasteiger partial charge >= 0.3 is 5.97 Å². The minimum atomic E-state index is -0.542. The molecule has 0 spiro atoms. The highest BCUT2D eigenvalue weighted by molar-refractivity contribution is 6.33. The van der Waals surface area contributed by atoms with Crippen molar-refractivity contribution in [1.29, 1.82) is 0 Å². The molecule has 3 rings (SSSR count). The third-order valence-corrected chi connectivity index (χ3v) is 5.89. The van der Waals surface area contributed by atoms with Crippen LogP contribution in [0.4, 0.5) is 5.69 Å². The first-order chi connectivity index (χ1) is 15.4. The van der Waals surface area contributed by atoms with E-state index >= 15 is 0 Å². The van der Waals surface area contributed by atoms with Gasteiger partial charge in [-0.25, -0.2) is 4.79 Å². The van der Waals surface area contributed by atoms with Crippen LogP contribution in [0.15, 0.2) is 36.4 Å². The number of amides is 1. The number of nitrogens with zero attached hydrogens (tertiary/aromatic N) is 1. The van der Waals surface area contributed by atoms with E-state index in [0.717, 1.165) is 44.3 Å². The van der Waals surface area contributed by atoms with Crippen molar-refractivity contribution in [2.45, 2.75) is 38.5 Å². The van der Waals surface area contributed by atoms with Gasteiger partial charge in [-0.1, -0.05) is 30.9 Å². The molecule has 1 saturated heterocycles. The second-order valence-corrected chi connectivity index (χ2v) is 8.29. The third-order valence-electron chi connectivity index (χ3n) is 5.89. The van der Waals surface area contributed by atoms with E-state index in [9.17, 15) is 9.59 Å². The number of anilines is 1. The number of piperidine rings is 1. The molecule has 1 aliphatic rings. The van der Waals surface area contributed by atoms with Crippen LogP contribution in [0.5, 0.6) is 5.75 Å². The maximum absolute atomic E-state index is 13.3. The van der Waals surface area contributed by atoms with Crippen LogP contribution in [0, 0.1) is 0 Å². The van der Waals surface area contributed by atoms with Crippen molar-refractivity contribution in [1.82, 2.24) is 4.90 Å². The van der Waals surface area contributed by atoms with E-state index in [2.05, 4.69) is 30.3 Å². The van der Waals surface area contributed by atoms with Gasteiger partial charge in [0.05, 0.1) is 30.5 Å². The van der Waals surface area contributed by atoms with Gasteiger partial charge < -0.3 is 19.7 Å². The van der Waals surface area contributed by atoms with Crippen molar-refractivity contribution >= 4 is 30.9 Å². The molecule has 0 bridgehead atoms. The van der Waals surface area contributed by atoms with E-state index in [1.165, 1.54) is 7.11 Å². The maximum Gasteiger partial charge on any atom is 0.339 e. The number of nitrogens with one attached hydrogen (secondary N) is 1. The average molecular weight is 434 g/mol. The Morgan fingerprint density at radius 3 is 2.56 bits per heavy atom. The minimum absolute atomic E-state index is 0.245. The summed E-state index contributed by atoms with van der Waals surface area (Å²) in [5.74, 6) is 0.0541. The van der Waals surface area contributed by atoms with Gasteiger partial charge in [0.25, 0.3) is 5.91 Å². The predicted octanol–water partition coefficient (Wildman–Crippen LogP) is 3.51. The number of methoxy groups -OCH3 is 1. The standard InChI is InChI=1S/C25H31BN2O4/c1-4-5-14-32-23-9-6-18(17-10-12-28(2)13-11-17)15-21(23)24(29)27-22-16-19(26)7-8-20(22)25(30)31-3/h6-9,15-17H,4-5,10-14H2,1-3H3,(H,27,29). The molecule has 0 aliphatic carbocycles. The molecule has 1 aliphatic heterocycles. The van der Waals surface area contributed by atoms with Crippen LogP contribution in [0.2, 0.25) is 0 Å². The van der Waals surface area contributed by atoms with Crippen molar-refractivity contribution < 1.29 is 19.1 Å². The number of benzene rings is 2. The van der Waals surface area contributed by atoms with Gasteiger partial charge in [-0.2, -0.15) is 0 Å². The van der Waals surface area contributed by atoms with E-state index in [1.54, 1.807) is 18.2 Å². The predicted molar refractivity (Wildman–Crippen MR) is 127 cm³/mol. The zero-order valence-electron chi connectivity index (χ0n) is 19.1. The summed E-state index contributed by atoms with van der Waals surface area (Å²) < 4.78 is 10.8. The van der Waals surface area contributed by atoms with Crippen LogP contribution in [0.3, 0.4) is 0 Å². The van der Waals surface area contributed by atoms with Crippen LogP contribution < -0.4 is 15.5 Å². The zero-order valence-corrected chi connectivity index (χ0v) is 19.1. The van der Waals surface area contributed by atoms with Gasteiger partial charge in [-0.15, -0.1) is 0 Å². The lowest BCUT2D eigenvalue weighted by Crippen LogP contribution is -2.29. The van der Waals surface area contributed by atoms with Gasteiger partial charge in [-0.05, 0) is 75.1 Å². The number of carbonyl (C=O) groups excluding carboxylic acids is 2. The lowest BCUT2D eigenvalue weighted by atomic mass is 9.88. The Bertz CT molecular complexity index is 955. The summed E-state index contributed by atoms with van der Waals surface area (Å²) in [6, 6.07) is 10.6. The maximum atomic E-state index is 13.3. The molecule has 32 heavy (non-hydrogen) atoms. The number of rotatable bonds is 8. The normalized spacial score (nSPS) is 14.7. The quantitative estimate of drug-likeness (QED) is 0.391.